The maximum Gasteiger partial charge on any atom is 0.225 e. The molecule has 5 heteroatoms. The highest BCUT2D eigenvalue weighted by Gasteiger charge is 2.07. The molecular formula is C11H18N4S. The summed E-state index contributed by atoms with van der Waals surface area (Å²) in [5.41, 5.74) is 6.15. The predicted molar refractivity (Wildman–Crippen MR) is 70.6 cm³/mol. The second-order valence-electron chi connectivity index (χ2n) is 4.21. The van der Waals surface area contributed by atoms with Crippen LogP contribution in [0.2, 0.25) is 0 Å². The first-order valence-corrected chi connectivity index (χ1v) is 5.75. The zero-order valence-corrected chi connectivity index (χ0v) is 10.8. The molecule has 2 N–H and O–H groups in total. The Bertz CT molecular complexity index is 365. The number of hydrogen-bond acceptors (Lipinski definition) is 4. The molecule has 4 nitrogen and oxygen atoms in total. The first-order chi connectivity index (χ1) is 7.50. The fraction of sp³-hybridized carbons (Fsp3) is 0.545. The van der Waals surface area contributed by atoms with Gasteiger partial charge in [-0.1, -0.05) is 26.1 Å². The molecule has 0 aliphatic heterocycles. The van der Waals surface area contributed by atoms with E-state index in [1.165, 1.54) is 0 Å². The van der Waals surface area contributed by atoms with Gasteiger partial charge in [-0.2, -0.15) is 0 Å². The Kier molecular flexibility index (Phi) is 4.61. The summed E-state index contributed by atoms with van der Waals surface area (Å²) in [5.74, 6) is 1.34. The lowest BCUT2D eigenvalue weighted by Gasteiger charge is -2.18. The van der Waals surface area contributed by atoms with E-state index in [2.05, 4.69) is 23.8 Å². The normalized spacial score (nSPS) is 10.5. The SMILES string of the molecule is CC(C)CCN(C)c1nccc(C(N)=S)n1. The molecule has 0 saturated carbocycles. The third-order valence-electron chi connectivity index (χ3n) is 2.28. The van der Waals surface area contributed by atoms with Gasteiger partial charge < -0.3 is 10.6 Å². The molecule has 0 aliphatic rings. The highest BCUT2D eigenvalue weighted by molar-refractivity contribution is 7.80. The van der Waals surface area contributed by atoms with Gasteiger partial charge in [0, 0.05) is 19.8 Å². The Hall–Kier alpha value is -1.23. The summed E-state index contributed by atoms with van der Waals surface area (Å²) < 4.78 is 0. The molecule has 0 amide bonds. The second-order valence-corrected chi connectivity index (χ2v) is 4.65. The molecule has 16 heavy (non-hydrogen) atoms. The number of hydrogen-bond donors (Lipinski definition) is 1. The van der Waals surface area contributed by atoms with Gasteiger partial charge in [-0.3, -0.25) is 0 Å². The minimum Gasteiger partial charge on any atom is -0.388 e. The summed E-state index contributed by atoms with van der Waals surface area (Å²) in [6.45, 7) is 5.32. The highest BCUT2D eigenvalue weighted by atomic mass is 32.1. The van der Waals surface area contributed by atoms with Gasteiger partial charge in [-0.15, -0.1) is 0 Å². The summed E-state index contributed by atoms with van der Waals surface area (Å²) in [7, 11) is 1.97. The minimum atomic E-state index is 0.306. The summed E-state index contributed by atoms with van der Waals surface area (Å²) in [6, 6.07) is 1.72. The fourth-order valence-electron chi connectivity index (χ4n) is 1.22. The van der Waals surface area contributed by atoms with Crippen LogP contribution in [-0.4, -0.2) is 28.5 Å². The lowest BCUT2D eigenvalue weighted by molar-refractivity contribution is 0.581. The molecule has 1 heterocycles. The van der Waals surface area contributed by atoms with E-state index in [0.29, 0.717) is 22.5 Å². The van der Waals surface area contributed by atoms with Gasteiger partial charge in [0.2, 0.25) is 5.95 Å². The Morgan fingerprint density at radius 1 is 1.56 bits per heavy atom. The molecule has 0 aromatic carbocycles. The van der Waals surface area contributed by atoms with Crippen LogP contribution in [0.3, 0.4) is 0 Å². The van der Waals surface area contributed by atoms with E-state index in [-0.39, 0.29) is 0 Å². The molecule has 0 saturated heterocycles. The zero-order valence-electron chi connectivity index (χ0n) is 9.97. The van der Waals surface area contributed by atoms with Gasteiger partial charge in [0.05, 0.1) is 0 Å². The van der Waals surface area contributed by atoms with Crippen LogP contribution in [0.4, 0.5) is 5.95 Å². The van der Waals surface area contributed by atoms with Gasteiger partial charge in [0.1, 0.15) is 10.7 Å². The van der Waals surface area contributed by atoms with E-state index in [0.717, 1.165) is 13.0 Å². The van der Waals surface area contributed by atoms with Crippen LogP contribution in [0.15, 0.2) is 12.3 Å². The molecule has 1 aromatic heterocycles. The summed E-state index contributed by atoms with van der Waals surface area (Å²) in [5, 5.41) is 0. The number of anilines is 1. The molecule has 0 aliphatic carbocycles. The monoisotopic (exact) mass is 238 g/mol. The standard InChI is InChI=1S/C11H18N4S/c1-8(2)5-7-15(3)11-13-6-4-9(14-11)10(12)16/h4,6,8H,5,7H2,1-3H3,(H2,12,16). The zero-order chi connectivity index (χ0) is 12.1. The minimum absolute atomic E-state index is 0.306. The van der Waals surface area contributed by atoms with Crippen molar-refractivity contribution in [3.8, 4) is 0 Å². The van der Waals surface area contributed by atoms with Crippen molar-refractivity contribution in [1.82, 2.24) is 9.97 Å². The van der Waals surface area contributed by atoms with Crippen molar-refractivity contribution in [2.45, 2.75) is 20.3 Å². The molecule has 88 valence electrons. The van der Waals surface area contributed by atoms with Crippen molar-refractivity contribution in [2.75, 3.05) is 18.5 Å². The summed E-state index contributed by atoms with van der Waals surface area (Å²) in [4.78, 5) is 10.8. The van der Waals surface area contributed by atoms with E-state index >= 15 is 0 Å². The summed E-state index contributed by atoms with van der Waals surface area (Å²) >= 11 is 4.88. The Morgan fingerprint density at radius 2 is 2.25 bits per heavy atom. The van der Waals surface area contributed by atoms with E-state index in [1.807, 2.05) is 11.9 Å². The first kappa shape index (κ1) is 12.8. The maximum atomic E-state index is 5.53. The molecule has 1 aromatic rings. The van der Waals surface area contributed by atoms with E-state index in [1.54, 1.807) is 12.3 Å². The Morgan fingerprint density at radius 3 is 2.81 bits per heavy atom. The number of nitrogens with two attached hydrogens (primary N) is 1. The number of thiocarbonyl (C=S) groups is 1. The molecule has 1 rings (SSSR count). The van der Waals surface area contributed by atoms with Crippen molar-refractivity contribution < 1.29 is 0 Å². The van der Waals surface area contributed by atoms with Crippen molar-refractivity contribution in [3.63, 3.8) is 0 Å². The molecule has 0 radical (unpaired) electrons. The first-order valence-electron chi connectivity index (χ1n) is 5.34. The average Bonchev–Trinajstić information content (AvgIpc) is 2.26. The highest BCUT2D eigenvalue weighted by Crippen LogP contribution is 2.08. The smallest absolute Gasteiger partial charge is 0.225 e. The fourth-order valence-corrected chi connectivity index (χ4v) is 1.34. The number of aromatic nitrogens is 2. The Labute approximate surface area is 102 Å². The van der Waals surface area contributed by atoms with Crippen LogP contribution >= 0.6 is 12.2 Å². The van der Waals surface area contributed by atoms with Crippen molar-refractivity contribution in [2.24, 2.45) is 11.7 Å². The lowest BCUT2D eigenvalue weighted by atomic mass is 10.1. The lowest BCUT2D eigenvalue weighted by Crippen LogP contribution is -2.23. The van der Waals surface area contributed by atoms with E-state index in [9.17, 15) is 0 Å². The number of nitrogens with zero attached hydrogens (tertiary/aromatic N) is 3. The maximum absolute atomic E-state index is 5.53. The van der Waals surface area contributed by atoms with Gasteiger partial charge in [-0.05, 0) is 18.4 Å². The average molecular weight is 238 g/mol. The van der Waals surface area contributed by atoms with Gasteiger partial charge in [0.25, 0.3) is 0 Å². The molecule has 0 spiro atoms. The van der Waals surface area contributed by atoms with Gasteiger partial charge >= 0.3 is 0 Å². The predicted octanol–water partition coefficient (Wildman–Crippen LogP) is 1.59. The quantitative estimate of drug-likeness (QED) is 0.790. The largest absolute Gasteiger partial charge is 0.388 e. The molecule has 0 fully saturated rings. The van der Waals surface area contributed by atoms with E-state index < -0.39 is 0 Å². The number of rotatable bonds is 5. The third kappa shape index (κ3) is 3.73. The van der Waals surface area contributed by atoms with Crippen LogP contribution in [0.25, 0.3) is 0 Å². The van der Waals surface area contributed by atoms with Crippen LogP contribution < -0.4 is 10.6 Å². The van der Waals surface area contributed by atoms with Crippen molar-refractivity contribution in [3.05, 3.63) is 18.0 Å². The molecule has 0 bridgehead atoms. The van der Waals surface area contributed by atoms with Gasteiger partial charge in [-0.25, -0.2) is 9.97 Å². The Balaban J connectivity index is 2.71. The molecule has 0 atom stereocenters. The topological polar surface area (TPSA) is 55.0 Å². The molecule has 0 unspecified atom stereocenters. The molecular weight excluding hydrogens is 220 g/mol. The van der Waals surface area contributed by atoms with Crippen molar-refractivity contribution >= 4 is 23.2 Å². The van der Waals surface area contributed by atoms with Crippen LogP contribution in [-0.2, 0) is 0 Å². The third-order valence-corrected chi connectivity index (χ3v) is 2.49. The summed E-state index contributed by atoms with van der Waals surface area (Å²) in [6.07, 6.45) is 2.79. The van der Waals surface area contributed by atoms with E-state index in [4.69, 9.17) is 18.0 Å². The second kappa shape index (κ2) is 5.75. The van der Waals surface area contributed by atoms with Crippen LogP contribution in [0.5, 0.6) is 0 Å². The van der Waals surface area contributed by atoms with Crippen LogP contribution in [0.1, 0.15) is 26.0 Å². The van der Waals surface area contributed by atoms with Crippen LogP contribution in [0, 0.1) is 5.92 Å². The van der Waals surface area contributed by atoms with Gasteiger partial charge in [0.15, 0.2) is 0 Å². The van der Waals surface area contributed by atoms with Crippen molar-refractivity contribution in [1.29, 1.82) is 0 Å².